The number of benzene rings is 1. The van der Waals surface area contributed by atoms with Gasteiger partial charge in [0, 0.05) is 13.7 Å². The summed E-state index contributed by atoms with van der Waals surface area (Å²) in [6, 6.07) is 8.83. The Morgan fingerprint density at radius 2 is 2.15 bits per heavy atom. The summed E-state index contributed by atoms with van der Waals surface area (Å²) >= 11 is 0. The lowest BCUT2D eigenvalue weighted by molar-refractivity contribution is -0.129. The quantitative estimate of drug-likeness (QED) is 0.670. The molecule has 1 aromatic heterocycles. The molecule has 0 unspecified atom stereocenters. The van der Waals surface area contributed by atoms with E-state index in [0.29, 0.717) is 25.6 Å². The number of hydrogen-bond donors (Lipinski definition) is 2. The normalized spacial score (nSPS) is 16.0. The van der Waals surface area contributed by atoms with Gasteiger partial charge in [0.2, 0.25) is 17.8 Å². The van der Waals surface area contributed by atoms with Gasteiger partial charge in [-0.05, 0) is 5.56 Å². The van der Waals surface area contributed by atoms with Crippen molar-refractivity contribution in [3.8, 4) is 0 Å². The largest absolute Gasteiger partial charge is 0.382 e. The van der Waals surface area contributed by atoms with Gasteiger partial charge in [-0.3, -0.25) is 14.9 Å². The predicted octanol–water partition coefficient (Wildman–Crippen LogP) is 0.641. The van der Waals surface area contributed by atoms with Crippen molar-refractivity contribution in [2.75, 3.05) is 25.6 Å². The number of nitrogens with zero attached hydrogens (tertiary/aromatic N) is 3. The lowest BCUT2D eigenvalue weighted by Gasteiger charge is -2.22. The molecule has 1 aromatic carbocycles. The van der Waals surface area contributed by atoms with Crippen molar-refractivity contribution < 1.29 is 19.1 Å². The van der Waals surface area contributed by atoms with Crippen molar-refractivity contribution in [2.45, 2.75) is 25.6 Å². The summed E-state index contributed by atoms with van der Waals surface area (Å²) in [4.78, 5) is 28.7. The maximum absolute atomic E-state index is 12.6. The van der Waals surface area contributed by atoms with Gasteiger partial charge in [0.05, 0.1) is 19.6 Å². The maximum atomic E-state index is 12.6. The molecule has 2 N–H and O–H groups in total. The van der Waals surface area contributed by atoms with E-state index in [4.69, 9.17) is 9.47 Å². The van der Waals surface area contributed by atoms with Crippen LogP contribution in [0.25, 0.3) is 0 Å². The van der Waals surface area contributed by atoms with Crippen LogP contribution in [0.3, 0.4) is 0 Å². The molecular formula is C17H21N5O4. The molecule has 9 heteroatoms. The fourth-order valence-electron chi connectivity index (χ4n) is 2.58. The Kier molecular flexibility index (Phi) is 5.92. The second-order valence-electron chi connectivity index (χ2n) is 5.81. The van der Waals surface area contributed by atoms with Gasteiger partial charge in [0.1, 0.15) is 12.6 Å². The molecule has 2 amide bonds. The average molecular weight is 359 g/mol. The molecule has 138 valence electrons. The van der Waals surface area contributed by atoms with Gasteiger partial charge in [-0.15, -0.1) is 0 Å². The summed E-state index contributed by atoms with van der Waals surface area (Å²) in [7, 11) is 1.59. The van der Waals surface area contributed by atoms with Crippen LogP contribution in [0, 0.1) is 0 Å². The van der Waals surface area contributed by atoms with Crippen molar-refractivity contribution in [1.82, 2.24) is 20.1 Å². The minimum Gasteiger partial charge on any atom is -0.382 e. The molecule has 2 heterocycles. The summed E-state index contributed by atoms with van der Waals surface area (Å²) in [5.41, 5.74) is 0.979. The fourth-order valence-corrected chi connectivity index (χ4v) is 2.58. The first-order chi connectivity index (χ1) is 12.7. The molecule has 0 bridgehead atoms. The Labute approximate surface area is 150 Å². The Balaban J connectivity index is 1.65. The highest BCUT2D eigenvalue weighted by Gasteiger charge is 2.32. The molecule has 0 radical (unpaired) electrons. The van der Waals surface area contributed by atoms with Crippen LogP contribution in [0.15, 0.2) is 30.3 Å². The van der Waals surface area contributed by atoms with E-state index in [9.17, 15) is 9.59 Å². The van der Waals surface area contributed by atoms with Gasteiger partial charge in [0.15, 0.2) is 5.82 Å². The molecule has 0 saturated heterocycles. The first kappa shape index (κ1) is 18.0. The molecule has 3 rings (SSSR count). The number of rotatable bonds is 8. The highest BCUT2D eigenvalue weighted by Crippen LogP contribution is 2.23. The second kappa shape index (κ2) is 8.54. The zero-order valence-electron chi connectivity index (χ0n) is 14.5. The number of anilines is 1. The van der Waals surface area contributed by atoms with Crippen LogP contribution in [0.1, 0.15) is 23.9 Å². The molecule has 1 atom stereocenters. The van der Waals surface area contributed by atoms with E-state index in [0.717, 1.165) is 5.56 Å². The minimum atomic E-state index is -0.734. The number of hydrogen-bond acceptors (Lipinski definition) is 6. The van der Waals surface area contributed by atoms with E-state index in [1.54, 1.807) is 7.11 Å². The zero-order chi connectivity index (χ0) is 18.4. The summed E-state index contributed by atoms with van der Waals surface area (Å²) in [6.45, 7) is 1.44. The Bertz CT molecular complexity index is 762. The van der Waals surface area contributed by atoms with Crippen LogP contribution in [0.4, 0.5) is 5.95 Å². The molecule has 2 aromatic rings. The molecule has 1 aliphatic rings. The van der Waals surface area contributed by atoms with Crippen LogP contribution in [0.5, 0.6) is 0 Å². The van der Waals surface area contributed by atoms with Crippen LogP contribution < -0.4 is 10.6 Å². The Morgan fingerprint density at radius 1 is 1.35 bits per heavy atom. The van der Waals surface area contributed by atoms with Crippen molar-refractivity contribution >= 4 is 17.8 Å². The topological polar surface area (TPSA) is 107 Å². The average Bonchev–Trinajstić information content (AvgIpc) is 3.06. The van der Waals surface area contributed by atoms with Crippen molar-refractivity contribution in [1.29, 1.82) is 0 Å². The first-order valence-corrected chi connectivity index (χ1v) is 8.31. The molecular weight excluding hydrogens is 338 g/mol. The Hall–Kier alpha value is -2.78. The van der Waals surface area contributed by atoms with E-state index >= 15 is 0 Å². The van der Waals surface area contributed by atoms with Gasteiger partial charge in [-0.1, -0.05) is 30.3 Å². The number of carbonyl (C=O) groups excluding carboxylic acids is 2. The molecule has 0 aliphatic carbocycles. The molecule has 0 saturated carbocycles. The number of fused-ring (bicyclic) bond motifs is 1. The number of amides is 2. The SMILES string of the molecule is COCCOCc1nc2n(n1)[C@@H](C(=O)NCc1ccccc1)CC(=O)N2. The van der Waals surface area contributed by atoms with Crippen molar-refractivity contribution in [2.24, 2.45) is 0 Å². The smallest absolute Gasteiger partial charge is 0.245 e. The van der Waals surface area contributed by atoms with Crippen LogP contribution in [-0.4, -0.2) is 46.9 Å². The molecule has 0 spiro atoms. The second-order valence-corrected chi connectivity index (χ2v) is 5.81. The van der Waals surface area contributed by atoms with Gasteiger partial charge in [-0.2, -0.15) is 10.1 Å². The molecule has 26 heavy (non-hydrogen) atoms. The number of methoxy groups -OCH3 is 1. The van der Waals surface area contributed by atoms with Gasteiger partial charge in [0.25, 0.3) is 0 Å². The lowest BCUT2D eigenvalue weighted by atomic mass is 10.1. The Morgan fingerprint density at radius 3 is 2.92 bits per heavy atom. The number of aromatic nitrogens is 3. The van der Waals surface area contributed by atoms with Crippen molar-refractivity contribution in [3.05, 3.63) is 41.7 Å². The molecule has 0 fully saturated rings. The summed E-state index contributed by atoms with van der Waals surface area (Å²) < 4.78 is 11.7. The zero-order valence-corrected chi connectivity index (χ0v) is 14.5. The van der Waals surface area contributed by atoms with Crippen molar-refractivity contribution in [3.63, 3.8) is 0 Å². The van der Waals surface area contributed by atoms with Gasteiger partial charge in [-0.25, -0.2) is 4.68 Å². The fraction of sp³-hybridized carbons (Fsp3) is 0.412. The summed E-state index contributed by atoms with van der Waals surface area (Å²) in [5, 5.41) is 9.78. The van der Waals surface area contributed by atoms with Crippen LogP contribution in [0.2, 0.25) is 0 Å². The monoisotopic (exact) mass is 359 g/mol. The number of carbonyl (C=O) groups is 2. The van der Waals surface area contributed by atoms with Crippen LogP contribution in [-0.2, 0) is 32.2 Å². The summed E-state index contributed by atoms with van der Waals surface area (Å²) in [5.74, 6) is 0.115. The molecule has 1 aliphatic heterocycles. The number of nitrogens with one attached hydrogen (secondary N) is 2. The third-order valence-electron chi connectivity index (χ3n) is 3.88. The standard InChI is InChI=1S/C17H21N5O4/c1-25-7-8-26-11-14-19-17-20-15(23)9-13(22(17)21-14)16(24)18-10-12-5-3-2-4-6-12/h2-6,13H,7-11H2,1H3,(H,18,24)(H,19,20,21,23)/t13-/m1/s1. The van der Waals surface area contributed by atoms with E-state index in [1.165, 1.54) is 4.68 Å². The molecule has 9 nitrogen and oxygen atoms in total. The first-order valence-electron chi connectivity index (χ1n) is 8.31. The number of ether oxygens (including phenoxy) is 2. The van der Waals surface area contributed by atoms with E-state index in [-0.39, 0.29) is 30.8 Å². The maximum Gasteiger partial charge on any atom is 0.245 e. The lowest BCUT2D eigenvalue weighted by Crippen LogP contribution is -2.39. The van der Waals surface area contributed by atoms with E-state index < -0.39 is 6.04 Å². The van der Waals surface area contributed by atoms with E-state index in [1.807, 2.05) is 30.3 Å². The highest BCUT2D eigenvalue weighted by atomic mass is 16.5. The van der Waals surface area contributed by atoms with Crippen LogP contribution >= 0.6 is 0 Å². The predicted molar refractivity (Wildman–Crippen MR) is 92.1 cm³/mol. The third-order valence-corrected chi connectivity index (χ3v) is 3.88. The summed E-state index contributed by atoms with van der Waals surface area (Å²) in [6.07, 6.45) is 0.0148. The van der Waals surface area contributed by atoms with Gasteiger partial charge < -0.3 is 14.8 Å². The minimum absolute atomic E-state index is 0.0148. The van der Waals surface area contributed by atoms with E-state index in [2.05, 4.69) is 20.7 Å². The highest BCUT2D eigenvalue weighted by molar-refractivity contribution is 5.96. The third kappa shape index (κ3) is 4.44. The van der Waals surface area contributed by atoms with Gasteiger partial charge >= 0.3 is 0 Å².